The molecule has 1 aromatic heterocycles. The monoisotopic (exact) mass is 459 g/mol. The van der Waals surface area contributed by atoms with E-state index in [0.29, 0.717) is 12.4 Å². The number of hydrogen-bond donors (Lipinski definition) is 2. The van der Waals surface area contributed by atoms with Crippen molar-refractivity contribution in [3.8, 4) is 11.3 Å². The van der Waals surface area contributed by atoms with Crippen LogP contribution in [-0.2, 0) is 4.79 Å². The Balaban J connectivity index is 1.80. The van der Waals surface area contributed by atoms with Gasteiger partial charge in [-0.05, 0) is 18.1 Å². The van der Waals surface area contributed by atoms with E-state index in [9.17, 15) is 9.59 Å². The molecule has 2 atom stereocenters. The van der Waals surface area contributed by atoms with Gasteiger partial charge in [0.2, 0.25) is 5.91 Å². The summed E-state index contributed by atoms with van der Waals surface area (Å²) in [7, 11) is 3.31. The first-order valence-corrected chi connectivity index (χ1v) is 10.3. The summed E-state index contributed by atoms with van der Waals surface area (Å²) < 4.78 is 1.01. The van der Waals surface area contributed by atoms with Gasteiger partial charge in [-0.3, -0.25) is 4.79 Å². The fourth-order valence-electron chi connectivity index (χ4n) is 3.20. The summed E-state index contributed by atoms with van der Waals surface area (Å²) in [5, 5.41) is 2.83. The lowest BCUT2D eigenvalue weighted by molar-refractivity contribution is -0.135. The van der Waals surface area contributed by atoms with E-state index in [4.69, 9.17) is 4.98 Å². The van der Waals surface area contributed by atoms with E-state index in [1.54, 1.807) is 19.0 Å². The predicted molar refractivity (Wildman–Crippen MR) is 116 cm³/mol. The summed E-state index contributed by atoms with van der Waals surface area (Å²) in [6.45, 7) is 4.34. The van der Waals surface area contributed by atoms with Gasteiger partial charge in [0, 0.05) is 36.9 Å². The summed E-state index contributed by atoms with van der Waals surface area (Å²) in [6, 6.07) is 6.74. The molecule has 3 amide bonds. The van der Waals surface area contributed by atoms with E-state index in [1.165, 1.54) is 4.90 Å². The molecule has 0 saturated heterocycles. The normalized spacial score (nSPS) is 16.9. The van der Waals surface area contributed by atoms with E-state index >= 15 is 0 Å². The molecular formula is C21H26BrN5O2. The number of rotatable bonds is 5. The van der Waals surface area contributed by atoms with Gasteiger partial charge in [-0.25, -0.2) is 9.78 Å². The lowest BCUT2D eigenvalue weighted by Crippen LogP contribution is -2.53. The van der Waals surface area contributed by atoms with Crippen LogP contribution in [0.25, 0.3) is 11.3 Å². The summed E-state index contributed by atoms with van der Waals surface area (Å²) >= 11 is 3.44. The SMILES string of the molecule is CC(C)C(NC(=O)N(C)C)C(=O)N1CC=C[C@H]1c1nc(-c2ccc(Br)cc2)c[nH]1. The number of aromatic amines is 1. The summed E-state index contributed by atoms with van der Waals surface area (Å²) in [4.78, 5) is 36.5. The molecule has 0 radical (unpaired) electrons. The summed E-state index contributed by atoms with van der Waals surface area (Å²) in [5.74, 6) is 0.542. The number of aromatic nitrogens is 2. The molecule has 2 N–H and O–H groups in total. The van der Waals surface area contributed by atoms with Crippen molar-refractivity contribution in [3.63, 3.8) is 0 Å². The van der Waals surface area contributed by atoms with Gasteiger partial charge in [0.25, 0.3) is 0 Å². The number of benzene rings is 1. The fourth-order valence-corrected chi connectivity index (χ4v) is 3.46. The first kappa shape index (κ1) is 21.1. The summed E-state index contributed by atoms with van der Waals surface area (Å²) in [5.41, 5.74) is 1.82. The Kier molecular flexibility index (Phi) is 6.42. The van der Waals surface area contributed by atoms with Crippen LogP contribution in [0.5, 0.6) is 0 Å². The molecule has 0 bridgehead atoms. The van der Waals surface area contributed by atoms with Gasteiger partial charge in [0.15, 0.2) is 0 Å². The molecule has 1 aromatic carbocycles. The van der Waals surface area contributed by atoms with Gasteiger partial charge < -0.3 is 20.1 Å². The Morgan fingerprint density at radius 2 is 1.97 bits per heavy atom. The van der Waals surface area contributed by atoms with Gasteiger partial charge in [0.05, 0.1) is 5.69 Å². The number of urea groups is 1. The largest absolute Gasteiger partial charge is 0.346 e. The average Bonchev–Trinajstić information content (AvgIpc) is 3.34. The predicted octanol–water partition coefficient (Wildman–Crippen LogP) is 3.57. The van der Waals surface area contributed by atoms with Crippen molar-refractivity contribution in [2.45, 2.75) is 25.9 Å². The van der Waals surface area contributed by atoms with Crippen molar-refractivity contribution in [2.75, 3.05) is 20.6 Å². The molecule has 0 fully saturated rings. The maximum absolute atomic E-state index is 13.2. The van der Waals surface area contributed by atoms with Gasteiger partial charge in [-0.1, -0.05) is 54.1 Å². The minimum Gasteiger partial charge on any atom is -0.346 e. The molecular weight excluding hydrogens is 434 g/mol. The molecule has 29 heavy (non-hydrogen) atoms. The van der Waals surface area contributed by atoms with Crippen LogP contribution < -0.4 is 5.32 Å². The van der Waals surface area contributed by atoms with Crippen molar-refractivity contribution >= 4 is 27.9 Å². The number of halogens is 1. The lowest BCUT2D eigenvalue weighted by Gasteiger charge is -2.31. The van der Waals surface area contributed by atoms with E-state index in [-0.39, 0.29) is 23.9 Å². The number of carbonyl (C=O) groups is 2. The minimum absolute atomic E-state index is 0.0393. The topological polar surface area (TPSA) is 81.3 Å². The third-order valence-corrected chi connectivity index (χ3v) is 5.40. The van der Waals surface area contributed by atoms with Crippen molar-refractivity contribution in [3.05, 3.63) is 52.9 Å². The Morgan fingerprint density at radius 3 is 2.59 bits per heavy atom. The van der Waals surface area contributed by atoms with E-state index in [2.05, 4.69) is 26.2 Å². The Bertz CT molecular complexity index is 904. The molecule has 1 unspecified atom stereocenters. The van der Waals surface area contributed by atoms with Crippen LogP contribution >= 0.6 is 15.9 Å². The van der Waals surface area contributed by atoms with Gasteiger partial charge >= 0.3 is 6.03 Å². The highest BCUT2D eigenvalue weighted by atomic mass is 79.9. The van der Waals surface area contributed by atoms with Crippen LogP contribution in [0, 0.1) is 5.92 Å². The molecule has 0 aliphatic carbocycles. The Hall–Kier alpha value is -2.61. The Morgan fingerprint density at radius 1 is 1.28 bits per heavy atom. The maximum atomic E-state index is 13.2. The van der Waals surface area contributed by atoms with Crippen LogP contribution in [0.3, 0.4) is 0 Å². The zero-order valence-electron chi connectivity index (χ0n) is 17.0. The highest BCUT2D eigenvalue weighted by molar-refractivity contribution is 9.10. The van der Waals surface area contributed by atoms with Crippen LogP contribution in [-0.4, -0.2) is 58.4 Å². The van der Waals surface area contributed by atoms with Crippen LogP contribution in [0.15, 0.2) is 47.1 Å². The fraction of sp³-hybridized carbons (Fsp3) is 0.381. The molecule has 0 spiro atoms. The third-order valence-electron chi connectivity index (χ3n) is 4.88. The number of nitrogens with zero attached hydrogens (tertiary/aromatic N) is 3. The third kappa shape index (κ3) is 4.70. The zero-order chi connectivity index (χ0) is 21.1. The smallest absolute Gasteiger partial charge is 0.317 e. The minimum atomic E-state index is -0.604. The van der Waals surface area contributed by atoms with E-state index < -0.39 is 6.04 Å². The molecule has 0 saturated carbocycles. The molecule has 2 heterocycles. The van der Waals surface area contributed by atoms with E-state index in [0.717, 1.165) is 15.7 Å². The summed E-state index contributed by atoms with van der Waals surface area (Å²) in [6.07, 6.45) is 5.77. The second-order valence-electron chi connectivity index (χ2n) is 7.61. The molecule has 8 heteroatoms. The highest BCUT2D eigenvalue weighted by Gasteiger charge is 2.35. The first-order valence-electron chi connectivity index (χ1n) is 9.54. The quantitative estimate of drug-likeness (QED) is 0.670. The molecule has 1 aliphatic rings. The molecule has 1 aliphatic heterocycles. The van der Waals surface area contributed by atoms with Crippen LogP contribution in [0.4, 0.5) is 4.79 Å². The number of hydrogen-bond acceptors (Lipinski definition) is 3. The van der Waals surface area contributed by atoms with Gasteiger partial charge in [-0.2, -0.15) is 0 Å². The maximum Gasteiger partial charge on any atom is 0.317 e. The standard InChI is InChI=1S/C21H26BrN5O2/c1-13(2)18(25-21(29)26(3)4)20(28)27-11-5-6-17(27)19-23-12-16(24-19)14-7-9-15(22)10-8-14/h5-10,12-13,17-18H,11H2,1-4H3,(H,23,24)(H,25,29)/t17-,18?/m0/s1. The highest BCUT2D eigenvalue weighted by Crippen LogP contribution is 2.28. The zero-order valence-corrected chi connectivity index (χ0v) is 18.6. The van der Waals surface area contributed by atoms with Crippen LogP contribution in [0.2, 0.25) is 0 Å². The number of H-pyrrole nitrogens is 1. The van der Waals surface area contributed by atoms with Gasteiger partial charge in [-0.15, -0.1) is 0 Å². The number of carbonyl (C=O) groups excluding carboxylic acids is 2. The second-order valence-corrected chi connectivity index (χ2v) is 8.52. The van der Waals surface area contributed by atoms with Crippen molar-refractivity contribution < 1.29 is 9.59 Å². The van der Waals surface area contributed by atoms with E-state index in [1.807, 2.05) is 56.5 Å². The molecule has 154 valence electrons. The van der Waals surface area contributed by atoms with Crippen LogP contribution in [0.1, 0.15) is 25.7 Å². The number of nitrogens with one attached hydrogen (secondary N) is 2. The average molecular weight is 460 g/mol. The first-order chi connectivity index (χ1) is 13.8. The van der Waals surface area contributed by atoms with Crippen molar-refractivity contribution in [2.24, 2.45) is 5.92 Å². The van der Waals surface area contributed by atoms with Gasteiger partial charge in [0.1, 0.15) is 17.9 Å². The molecule has 2 aromatic rings. The van der Waals surface area contributed by atoms with Crippen molar-refractivity contribution in [1.29, 1.82) is 0 Å². The molecule has 3 rings (SSSR count). The lowest BCUT2D eigenvalue weighted by atomic mass is 10.0. The number of imidazole rings is 1. The number of amides is 3. The Labute approximate surface area is 179 Å². The molecule has 7 nitrogen and oxygen atoms in total. The van der Waals surface area contributed by atoms with Crippen molar-refractivity contribution in [1.82, 2.24) is 25.1 Å². The second kappa shape index (κ2) is 8.82.